The van der Waals surface area contributed by atoms with Crippen molar-refractivity contribution in [1.29, 1.82) is 0 Å². The molecule has 0 aromatic rings. The normalized spacial score (nSPS) is 13.4. The van der Waals surface area contributed by atoms with Crippen LogP contribution >= 0.6 is 0 Å². The maximum absolute atomic E-state index is 6.84. The van der Waals surface area contributed by atoms with E-state index >= 15 is 0 Å². The van der Waals surface area contributed by atoms with Gasteiger partial charge in [-0.15, -0.1) is 19.7 Å². The van der Waals surface area contributed by atoms with Crippen LogP contribution in [0.25, 0.3) is 0 Å². The molecule has 0 amide bonds. The summed E-state index contributed by atoms with van der Waals surface area (Å²) >= 11 is 0. The van der Waals surface area contributed by atoms with E-state index in [1.165, 1.54) is 0 Å². The molecule has 146 valence electrons. The van der Waals surface area contributed by atoms with Crippen LogP contribution in [-0.4, -0.2) is 34.2 Å². The van der Waals surface area contributed by atoms with Gasteiger partial charge >= 0.3 is 8.80 Å². The fraction of sp³-hybridized carbons (Fsp3) is 0.700. The second-order valence-corrected chi connectivity index (χ2v) is 8.90. The Bertz CT molecular complexity index is 360. The van der Waals surface area contributed by atoms with Gasteiger partial charge in [0.25, 0.3) is 0 Å². The maximum Gasteiger partial charge on any atom is 0.501 e. The summed E-state index contributed by atoms with van der Waals surface area (Å²) in [5, 5.41) is 0. The van der Waals surface area contributed by atoms with Crippen molar-refractivity contribution < 1.29 is 13.3 Å². The third-order valence-corrected chi connectivity index (χ3v) is 7.62. The van der Waals surface area contributed by atoms with Gasteiger partial charge < -0.3 is 19.0 Å². The van der Waals surface area contributed by atoms with Crippen LogP contribution in [0.1, 0.15) is 52.9 Å². The lowest BCUT2D eigenvalue weighted by molar-refractivity contribution is -0.0629. The standard InChI is InChI=1S/C20H39NO3Si/c1-7-13-19(14-17-21)20(15-8-2,16-9-3)24-25(18-10-4,22-11-5)23-12-6/h7-9,19H,1-3,10-18,21H2,4-6H3. The van der Waals surface area contributed by atoms with Gasteiger partial charge in [0.05, 0.1) is 5.60 Å². The van der Waals surface area contributed by atoms with E-state index in [9.17, 15) is 0 Å². The first kappa shape index (κ1) is 24.3. The molecule has 0 heterocycles. The monoisotopic (exact) mass is 369 g/mol. The highest BCUT2D eigenvalue weighted by atomic mass is 28.4. The Kier molecular flexibility index (Phi) is 13.1. The van der Waals surface area contributed by atoms with Gasteiger partial charge in [-0.1, -0.05) is 31.6 Å². The Labute approximate surface area is 156 Å². The molecule has 0 aromatic heterocycles. The van der Waals surface area contributed by atoms with Crippen molar-refractivity contribution in [1.82, 2.24) is 0 Å². The molecule has 0 aromatic carbocycles. The lowest BCUT2D eigenvalue weighted by Crippen LogP contribution is -2.56. The van der Waals surface area contributed by atoms with Crippen LogP contribution in [0, 0.1) is 5.92 Å². The minimum Gasteiger partial charge on any atom is -0.374 e. The lowest BCUT2D eigenvalue weighted by atomic mass is 9.78. The first-order valence-electron chi connectivity index (χ1n) is 9.54. The molecule has 2 N–H and O–H groups in total. The number of hydrogen-bond donors (Lipinski definition) is 1. The summed E-state index contributed by atoms with van der Waals surface area (Å²) < 4.78 is 19.1. The van der Waals surface area contributed by atoms with E-state index in [4.69, 9.17) is 19.0 Å². The summed E-state index contributed by atoms with van der Waals surface area (Å²) in [5.74, 6) is 0.218. The average molecular weight is 370 g/mol. The molecule has 0 rings (SSSR count). The predicted molar refractivity (Wildman–Crippen MR) is 110 cm³/mol. The van der Waals surface area contributed by atoms with E-state index < -0.39 is 14.4 Å². The van der Waals surface area contributed by atoms with Crippen LogP contribution in [0.5, 0.6) is 0 Å². The van der Waals surface area contributed by atoms with Crippen molar-refractivity contribution in [2.75, 3.05) is 19.8 Å². The lowest BCUT2D eigenvalue weighted by Gasteiger charge is -2.45. The quantitative estimate of drug-likeness (QED) is 0.294. The zero-order valence-electron chi connectivity index (χ0n) is 16.6. The van der Waals surface area contributed by atoms with Crippen LogP contribution < -0.4 is 5.73 Å². The first-order chi connectivity index (χ1) is 12.0. The number of nitrogens with two attached hydrogens (primary N) is 1. The third kappa shape index (κ3) is 7.58. The number of rotatable bonds is 17. The predicted octanol–water partition coefficient (Wildman–Crippen LogP) is 4.86. The molecular formula is C20H39NO3Si. The van der Waals surface area contributed by atoms with Gasteiger partial charge in [-0.2, -0.15) is 0 Å². The minimum atomic E-state index is -2.80. The number of hydrogen-bond acceptors (Lipinski definition) is 4. The first-order valence-corrected chi connectivity index (χ1v) is 11.5. The van der Waals surface area contributed by atoms with Crippen molar-refractivity contribution in [3.8, 4) is 0 Å². The van der Waals surface area contributed by atoms with E-state index in [0.717, 1.165) is 25.3 Å². The van der Waals surface area contributed by atoms with E-state index in [0.29, 0.717) is 32.6 Å². The zero-order chi connectivity index (χ0) is 19.2. The average Bonchev–Trinajstić information content (AvgIpc) is 2.56. The highest BCUT2D eigenvalue weighted by Gasteiger charge is 2.49. The molecule has 0 saturated heterocycles. The van der Waals surface area contributed by atoms with Crippen molar-refractivity contribution in [2.24, 2.45) is 11.7 Å². The van der Waals surface area contributed by atoms with Crippen molar-refractivity contribution in [3.63, 3.8) is 0 Å². The van der Waals surface area contributed by atoms with Crippen LogP contribution in [0.2, 0.25) is 6.04 Å². The Balaban J connectivity index is 5.98. The fourth-order valence-electron chi connectivity index (χ4n) is 3.42. The van der Waals surface area contributed by atoms with Gasteiger partial charge in [0.1, 0.15) is 0 Å². The zero-order valence-corrected chi connectivity index (χ0v) is 17.6. The van der Waals surface area contributed by atoms with Gasteiger partial charge in [-0.05, 0) is 52.0 Å². The van der Waals surface area contributed by atoms with Gasteiger partial charge in [0.2, 0.25) is 0 Å². The molecule has 1 atom stereocenters. The molecule has 0 aliphatic rings. The van der Waals surface area contributed by atoms with Crippen LogP contribution in [0.15, 0.2) is 38.0 Å². The summed E-state index contributed by atoms with van der Waals surface area (Å²) in [4.78, 5) is 0. The Morgan fingerprint density at radius 2 is 1.56 bits per heavy atom. The van der Waals surface area contributed by atoms with Gasteiger partial charge in [-0.25, -0.2) is 0 Å². The molecule has 0 fully saturated rings. The van der Waals surface area contributed by atoms with Crippen LogP contribution in [0.4, 0.5) is 0 Å². The minimum absolute atomic E-state index is 0.218. The molecule has 0 aliphatic heterocycles. The van der Waals surface area contributed by atoms with Gasteiger partial charge in [0, 0.05) is 19.3 Å². The highest BCUT2D eigenvalue weighted by Crippen LogP contribution is 2.39. The molecule has 0 aliphatic carbocycles. The van der Waals surface area contributed by atoms with Crippen LogP contribution in [0.3, 0.4) is 0 Å². The third-order valence-electron chi connectivity index (χ3n) is 4.33. The topological polar surface area (TPSA) is 53.7 Å². The summed E-state index contributed by atoms with van der Waals surface area (Å²) in [5.41, 5.74) is 5.43. The highest BCUT2D eigenvalue weighted by molar-refractivity contribution is 6.60. The molecule has 0 radical (unpaired) electrons. The Morgan fingerprint density at radius 1 is 1.00 bits per heavy atom. The van der Waals surface area contributed by atoms with E-state index in [2.05, 4.69) is 26.7 Å². The van der Waals surface area contributed by atoms with E-state index in [1.807, 2.05) is 32.1 Å². The largest absolute Gasteiger partial charge is 0.501 e. The molecule has 0 saturated carbocycles. The SMILES string of the molecule is C=CCC(CCN)C(CC=C)(CC=C)O[Si](CCC)(OCC)OCC. The molecular weight excluding hydrogens is 330 g/mol. The molecule has 0 spiro atoms. The van der Waals surface area contributed by atoms with E-state index in [-0.39, 0.29) is 5.92 Å². The molecule has 4 nitrogen and oxygen atoms in total. The van der Waals surface area contributed by atoms with Crippen molar-refractivity contribution in [2.45, 2.75) is 64.5 Å². The Morgan fingerprint density at radius 3 is 1.92 bits per heavy atom. The molecule has 0 bridgehead atoms. The fourth-order valence-corrected chi connectivity index (χ4v) is 6.46. The number of allylic oxidation sites excluding steroid dienone is 1. The second kappa shape index (κ2) is 13.5. The Hall–Kier alpha value is -0.723. The summed E-state index contributed by atoms with van der Waals surface area (Å²) in [6.45, 7) is 19.7. The van der Waals surface area contributed by atoms with Gasteiger partial charge in [0.15, 0.2) is 0 Å². The second-order valence-electron chi connectivity index (χ2n) is 6.25. The smallest absolute Gasteiger partial charge is 0.374 e. The maximum atomic E-state index is 6.84. The molecule has 1 unspecified atom stereocenters. The van der Waals surface area contributed by atoms with Crippen molar-refractivity contribution in [3.05, 3.63) is 38.0 Å². The summed E-state index contributed by atoms with van der Waals surface area (Å²) in [6.07, 6.45) is 9.81. The van der Waals surface area contributed by atoms with E-state index in [1.54, 1.807) is 0 Å². The van der Waals surface area contributed by atoms with Crippen LogP contribution in [-0.2, 0) is 13.3 Å². The van der Waals surface area contributed by atoms with Crippen molar-refractivity contribution >= 4 is 8.80 Å². The summed E-state index contributed by atoms with van der Waals surface area (Å²) in [6, 6.07) is 0.800. The van der Waals surface area contributed by atoms with Gasteiger partial charge in [-0.3, -0.25) is 0 Å². The molecule has 25 heavy (non-hydrogen) atoms. The molecule has 5 heteroatoms. The summed E-state index contributed by atoms with van der Waals surface area (Å²) in [7, 11) is -2.80.